The predicted octanol–water partition coefficient (Wildman–Crippen LogP) is 4.51. The van der Waals surface area contributed by atoms with Gasteiger partial charge in [0.2, 0.25) is 5.91 Å². The van der Waals surface area contributed by atoms with E-state index in [1.54, 1.807) is 6.08 Å². The van der Waals surface area contributed by atoms with Crippen molar-refractivity contribution in [1.82, 2.24) is 4.90 Å². The van der Waals surface area contributed by atoms with Crippen LogP contribution in [-0.4, -0.2) is 37.1 Å². The van der Waals surface area contributed by atoms with Crippen LogP contribution in [-0.2, 0) is 21.6 Å². The van der Waals surface area contributed by atoms with Gasteiger partial charge in [0.05, 0.1) is 13.2 Å². The topological polar surface area (TPSA) is 38.8 Å². The zero-order chi connectivity index (χ0) is 20.5. The van der Waals surface area contributed by atoms with E-state index in [9.17, 15) is 4.79 Å². The highest BCUT2D eigenvalue weighted by molar-refractivity contribution is 5.87. The summed E-state index contributed by atoms with van der Waals surface area (Å²) in [5.74, 6) is 0.887. The monoisotopic (exact) mass is 391 g/mol. The Bertz CT molecular complexity index is 849. The van der Waals surface area contributed by atoms with Crippen LogP contribution in [0.2, 0.25) is 0 Å². The van der Waals surface area contributed by atoms with Crippen LogP contribution in [0.4, 0.5) is 0 Å². The van der Waals surface area contributed by atoms with Crippen LogP contribution in [0.1, 0.15) is 25.0 Å². The van der Waals surface area contributed by atoms with Gasteiger partial charge in [0.25, 0.3) is 0 Å². The van der Waals surface area contributed by atoms with E-state index in [1.165, 1.54) is 0 Å². The van der Waals surface area contributed by atoms with Gasteiger partial charge in [-0.05, 0) is 23.3 Å². The molecule has 1 amide bonds. The van der Waals surface area contributed by atoms with Crippen LogP contribution in [0.3, 0.4) is 0 Å². The van der Waals surface area contributed by atoms with Crippen LogP contribution in [0.5, 0.6) is 5.75 Å². The minimum absolute atomic E-state index is 0.0343. The lowest BCUT2D eigenvalue weighted by molar-refractivity contribution is -0.129. The lowest BCUT2D eigenvalue weighted by Gasteiger charge is -2.25. The van der Waals surface area contributed by atoms with Crippen LogP contribution in [0.15, 0.2) is 78.9 Å². The zero-order valence-corrected chi connectivity index (χ0v) is 17.2. The third-order valence-electron chi connectivity index (χ3n) is 5.01. The minimum atomic E-state index is -0.182. The van der Waals surface area contributed by atoms with Gasteiger partial charge < -0.3 is 14.4 Å². The number of hydrogen-bond acceptors (Lipinski definition) is 3. The molecule has 4 nitrogen and oxygen atoms in total. The number of nitrogens with zero attached hydrogens (tertiary/aromatic N) is 1. The second-order valence-corrected chi connectivity index (χ2v) is 7.68. The van der Waals surface area contributed by atoms with Crippen molar-refractivity contribution in [2.75, 3.05) is 26.3 Å². The molecule has 0 atom stereocenters. The van der Waals surface area contributed by atoms with E-state index in [2.05, 4.69) is 44.2 Å². The summed E-state index contributed by atoms with van der Waals surface area (Å²) in [6, 6.07) is 18.3. The molecule has 0 aromatic heterocycles. The summed E-state index contributed by atoms with van der Waals surface area (Å²) in [7, 11) is 0. The van der Waals surface area contributed by atoms with E-state index < -0.39 is 0 Å². The van der Waals surface area contributed by atoms with Crippen molar-refractivity contribution in [3.8, 4) is 5.75 Å². The fraction of sp³-hybridized carbons (Fsp3) is 0.320. The van der Waals surface area contributed by atoms with Gasteiger partial charge in [-0.1, -0.05) is 74.5 Å². The summed E-state index contributed by atoms with van der Waals surface area (Å²) in [6.45, 7) is 7.40. The van der Waals surface area contributed by atoms with Gasteiger partial charge in [0.15, 0.2) is 0 Å². The van der Waals surface area contributed by atoms with Crippen LogP contribution < -0.4 is 4.74 Å². The molecular formula is C25H29NO3. The van der Waals surface area contributed by atoms with Crippen LogP contribution >= 0.6 is 0 Å². The molecule has 1 fully saturated rings. The first kappa shape index (κ1) is 20.9. The number of hydrogen-bond donors (Lipinski definition) is 0. The van der Waals surface area contributed by atoms with E-state index in [0.29, 0.717) is 32.9 Å². The summed E-state index contributed by atoms with van der Waals surface area (Å²) in [4.78, 5) is 14.0. The Morgan fingerprint density at radius 2 is 1.83 bits per heavy atom. The maximum Gasteiger partial charge on any atom is 0.246 e. The van der Waals surface area contributed by atoms with Gasteiger partial charge in [0, 0.05) is 24.6 Å². The SMILES string of the molecule is CC(C)(C=CC=CC(=O)N1CCOCC1)c1cccc(OCc2ccccc2)c1. The Labute approximate surface area is 173 Å². The van der Waals surface area contributed by atoms with E-state index >= 15 is 0 Å². The number of amides is 1. The first-order chi connectivity index (χ1) is 14.0. The third-order valence-corrected chi connectivity index (χ3v) is 5.01. The van der Waals surface area contributed by atoms with E-state index in [1.807, 2.05) is 47.4 Å². The molecule has 0 radical (unpaired) electrons. The van der Waals surface area contributed by atoms with Gasteiger partial charge in [-0.15, -0.1) is 0 Å². The fourth-order valence-electron chi connectivity index (χ4n) is 3.15. The molecule has 1 aliphatic rings. The molecule has 0 aliphatic carbocycles. The maximum absolute atomic E-state index is 12.2. The van der Waals surface area contributed by atoms with Gasteiger partial charge in [-0.2, -0.15) is 0 Å². The Kier molecular flexibility index (Phi) is 7.25. The highest BCUT2D eigenvalue weighted by atomic mass is 16.5. The maximum atomic E-state index is 12.2. The summed E-state index contributed by atoms with van der Waals surface area (Å²) < 4.78 is 11.2. The number of ether oxygens (including phenoxy) is 2. The van der Waals surface area contributed by atoms with Crippen molar-refractivity contribution in [2.24, 2.45) is 0 Å². The summed E-state index contributed by atoms with van der Waals surface area (Å²) in [6.07, 6.45) is 7.48. The van der Waals surface area contributed by atoms with Crippen molar-refractivity contribution < 1.29 is 14.3 Å². The molecule has 0 bridgehead atoms. The van der Waals surface area contributed by atoms with Crippen molar-refractivity contribution in [3.05, 3.63) is 90.0 Å². The Balaban J connectivity index is 1.58. The number of carbonyl (C=O) groups excluding carboxylic acids is 1. The molecule has 29 heavy (non-hydrogen) atoms. The van der Waals surface area contributed by atoms with Crippen LogP contribution in [0.25, 0.3) is 0 Å². The fourth-order valence-corrected chi connectivity index (χ4v) is 3.15. The minimum Gasteiger partial charge on any atom is -0.489 e. The normalized spacial score (nSPS) is 15.2. The Morgan fingerprint density at radius 1 is 1.07 bits per heavy atom. The Morgan fingerprint density at radius 3 is 2.59 bits per heavy atom. The highest BCUT2D eigenvalue weighted by Gasteiger charge is 2.17. The van der Waals surface area contributed by atoms with Gasteiger partial charge in [-0.25, -0.2) is 0 Å². The first-order valence-corrected chi connectivity index (χ1v) is 10.0. The molecule has 2 aromatic carbocycles. The van der Waals surface area contributed by atoms with Crippen molar-refractivity contribution >= 4 is 5.91 Å². The third kappa shape index (κ3) is 6.33. The second kappa shape index (κ2) is 10.1. The zero-order valence-electron chi connectivity index (χ0n) is 17.2. The predicted molar refractivity (Wildman–Crippen MR) is 116 cm³/mol. The molecule has 3 rings (SSSR count). The van der Waals surface area contributed by atoms with E-state index in [-0.39, 0.29) is 11.3 Å². The molecule has 2 aromatic rings. The summed E-state index contributed by atoms with van der Waals surface area (Å²) in [5.41, 5.74) is 2.12. The largest absolute Gasteiger partial charge is 0.489 e. The molecular weight excluding hydrogens is 362 g/mol. The quantitative estimate of drug-likeness (QED) is 0.515. The smallest absolute Gasteiger partial charge is 0.246 e. The van der Waals surface area contributed by atoms with Crippen molar-refractivity contribution in [3.63, 3.8) is 0 Å². The molecule has 1 heterocycles. The average molecular weight is 392 g/mol. The standard InChI is InChI=1S/C25H29NO3/c1-25(2,14-7-6-13-24(27)26-15-17-28-18-16-26)22-11-8-12-23(19-22)29-20-21-9-4-3-5-10-21/h3-14,19H,15-18,20H2,1-2H3. The Hall–Kier alpha value is -2.85. The van der Waals surface area contributed by atoms with Gasteiger partial charge in [-0.3, -0.25) is 4.79 Å². The molecule has 1 aliphatic heterocycles. The highest BCUT2D eigenvalue weighted by Crippen LogP contribution is 2.28. The molecule has 1 saturated heterocycles. The average Bonchev–Trinajstić information content (AvgIpc) is 2.77. The lowest BCUT2D eigenvalue weighted by Crippen LogP contribution is -2.39. The molecule has 152 valence electrons. The summed E-state index contributed by atoms with van der Waals surface area (Å²) >= 11 is 0. The van der Waals surface area contributed by atoms with Crippen molar-refractivity contribution in [2.45, 2.75) is 25.9 Å². The lowest BCUT2D eigenvalue weighted by atomic mass is 9.84. The number of carbonyl (C=O) groups is 1. The van der Waals surface area contributed by atoms with Gasteiger partial charge in [0.1, 0.15) is 12.4 Å². The molecule has 0 N–H and O–H groups in total. The summed E-state index contributed by atoms with van der Waals surface area (Å²) in [5, 5.41) is 0. The molecule has 0 saturated carbocycles. The van der Waals surface area contributed by atoms with Gasteiger partial charge >= 0.3 is 0 Å². The van der Waals surface area contributed by atoms with Crippen LogP contribution in [0, 0.1) is 0 Å². The molecule has 4 heteroatoms. The first-order valence-electron chi connectivity index (χ1n) is 10.0. The number of benzene rings is 2. The van der Waals surface area contributed by atoms with E-state index in [4.69, 9.17) is 9.47 Å². The van der Waals surface area contributed by atoms with E-state index in [0.717, 1.165) is 16.9 Å². The van der Waals surface area contributed by atoms with Crippen molar-refractivity contribution in [1.29, 1.82) is 0 Å². The number of allylic oxidation sites excluding steroid dienone is 3. The molecule has 0 unspecified atom stereocenters. The molecule has 0 spiro atoms. The second-order valence-electron chi connectivity index (χ2n) is 7.68. The number of morpholine rings is 1. The number of rotatable bonds is 7.